The highest BCUT2D eigenvalue weighted by Gasteiger charge is 2.34. The number of halogens is 1. The Labute approximate surface area is 148 Å². The summed E-state index contributed by atoms with van der Waals surface area (Å²) in [5.41, 5.74) is 1.58. The lowest BCUT2D eigenvalue weighted by atomic mass is 9.90. The molecule has 0 radical (unpaired) electrons. The summed E-state index contributed by atoms with van der Waals surface area (Å²) in [6, 6.07) is 4.75. The zero-order valence-corrected chi connectivity index (χ0v) is 15.3. The van der Waals surface area contributed by atoms with Gasteiger partial charge in [-0.3, -0.25) is 9.59 Å². The molecule has 1 N–H and O–H groups in total. The van der Waals surface area contributed by atoms with Gasteiger partial charge < -0.3 is 10.2 Å². The van der Waals surface area contributed by atoms with Crippen molar-refractivity contribution in [3.63, 3.8) is 0 Å². The molecule has 0 aromatic heterocycles. The summed E-state index contributed by atoms with van der Waals surface area (Å²) >= 11 is 0. The van der Waals surface area contributed by atoms with Gasteiger partial charge in [0.05, 0.1) is 12.0 Å². The van der Waals surface area contributed by atoms with Gasteiger partial charge in [0, 0.05) is 18.5 Å². The zero-order valence-electron chi connectivity index (χ0n) is 15.3. The lowest BCUT2D eigenvalue weighted by Crippen LogP contribution is -2.49. The van der Waals surface area contributed by atoms with Crippen LogP contribution >= 0.6 is 0 Å². The van der Waals surface area contributed by atoms with E-state index < -0.39 is 5.41 Å². The molecule has 1 aliphatic heterocycles. The van der Waals surface area contributed by atoms with Crippen LogP contribution in [0.15, 0.2) is 18.2 Å². The van der Waals surface area contributed by atoms with Crippen LogP contribution in [0.5, 0.6) is 0 Å². The van der Waals surface area contributed by atoms with Crippen molar-refractivity contribution in [1.29, 1.82) is 0 Å². The van der Waals surface area contributed by atoms with Gasteiger partial charge in [-0.2, -0.15) is 0 Å². The van der Waals surface area contributed by atoms with Gasteiger partial charge in [-0.25, -0.2) is 4.39 Å². The Hall–Kier alpha value is -1.91. The number of carbonyl (C=O) groups is 2. The summed E-state index contributed by atoms with van der Waals surface area (Å²) in [6.45, 7) is 6.95. The van der Waals surface area contributed by atoms with E-state index >= 15 is 0 Å². The second-order valence-electron chi connectivity index (χ2n) is 8.28. The highest BCUT2D eigenvalue weighted by Crippen LogP contribution is 2.32. The van der Waals surface area contributed by atoms with Crippen molar-refractivity contribution in [2.75, 3.05) is 13.1 Å². The van der Waals surface area contributed by atoms with Crippen LogP contribution in [0, 0.1) is 17.2 Å². The number of hydrogen-bond donors (Lipinski definition) is 1. The third kappa shape index (κ3) is 3.86. The van der Waals surface area contributed by atoms with Crippen molar-refractivity contribution < 1.29 is 14.0 Å². The number of hydrogen-bond acceptors (Lipinski definition) is 2. The molecule has 1 fully saturated rings. The van der Waals surface area contributed by atoms with E-state index in [1.54, 1.807) is 12.1 Å². The van der Waals surface area contributed by atoms with Crippen LogP contribution in [-0.2, 0) is 16.0 Å². The van der Waals surface area contributed by atoms with E-state index in [4.69, 9.17) is 0 Å². The van der Waals surface area contributed by atoms with Crippen molar-refractivity contribution in [2.45, 2.75) is 52.5 Å². The Balaban J connectivity index is 1.64. The number of amides is 2. The molecule has 2 atom stereocenters. The molecule has 1 saturated heterocycles. The minimum absolute atomic E-state index is 0.00795. The van der Waals surface area contributed by atoms with Crippen molar-refractivity contribution in [3.05, 3.63) is 35.1 Å². The third-order valence-corrected chi connectivity index (χ3v) is 5.22. The SMILES string of the molecule is CC(C)(C)C(=O)N1CCCC(C(=O)NC2CCc3cc(F)ccc32)C1. The number of rotatable bonds is 2. The minimum Gasteiger partial charge on any atom is -0.349 e. The third-order valence-electron chi connectivity index (χ3n) is 5.22. The molecule has 5 heteroatoms. The first kappa shape index (κ1) is 17.9. The van der Waals surface area contributed by atoms with Crippen molar-refractivity contribution in [3.8, 4) is 0 Å². The van der Waals surface area contributed by atoms with Crippen LogP contribution in [0.3, 0.4) is 0 Å². The van der Waals surface area contributed by atoms with E-state index in [0.29, 0.717) is 6.54 Å². The fourth-order valence-corrected chi connectivity index (χ4v) is 3.88. The number of nitrogens with one attached hydrogen (secondary N) is 1. The molecule has 2 aliphatic rings. The normalized spacial score (nSPS) is 23.3. The molecule has 0 saturated carbocycles. The summed E-state index contributed by atoms with van der Waals surface area (Å²) in [6.07, 6.45) is 3.26. The second-order valence-corrected chi connectivity index (χ2v) is 8.28. The number of carbonyl (C=O) groups excluding carboxylic acids is 2. The standard InChI is InChI=1S/C20H27FN2O2/c1-20(2,3)19(25)23-10-4-5-14(12-23)18(24)22-17-9-6-13-11-15(21)7-8-16(13)17/h7-8,11,14,17H,4-6,9-10,12H2,1-3H3,(H,22,24). The predicted molar refractivity (Wildman–Crippen MR) is 94.4 cm³/mol. The van der Waals surface area contributed by atoms with E-state index in [1.807, 2.05) is 25.7 Å². The van der Waals surface area contributed by atoms with Crippen LogP contribution < -0.4 is 5.32 Å². The molecule has 2 unspecified atom stereocenters. The van der Waals surface area contributed by atoms with Gasteiger partial charge in [-0.1, -0.05) is 26.8 Å². The van der Waals surface area contributed by atoms with Gasteiger partial charge in [0.25, 0.3) is 0 Å². The van der Waals surface area contributed by atoms with Crippen molar-refractivity contribution >= 4 is 11.8 Å². The maximum Gasteiger partial charge on any atom is 0.227 e. The first-order valence-electron chi connectivity index (χ1n) is 9.14. The number of aryl methyl sites for hydroxylation is 1. The molecule has 1 aliphatic carbocycles. The average molecular weight is 346 g/mol. The molecular weight excluding hydrogens is 319 g/mol. The molecule has 1 aromatic rings. The van der Waals surface area contributed by atoms with E-state index in [2.05, 4.69) is 5.32 Å². The van der Waals surface area contributed by atoms with Gasteiger partial charge in [0.1, 0.15) is 5.82 Å². The molecule has 0 bridgehead atoms. The van der Waals surface area contributed by atoms with Gasteiger partial charge in [-0.05, 0) is 48.9 Å². The molecular formula is C20H27FN2O2. The molecule has 4 nitrogen and oxygen atoms in total. The van der Waals surface area contributed by atoms with Crippen LogP contribution in [0.4, 0.5) is 4.39 Å². The largest absolute Gasteiger partial charge is 0.349 e. The predicted octanol–water partition coefficient (Wildman–Crippen LogP) is 3.21. The van der Waals surface area contributed by atoms with E-state index in [-0.39, 0.29) is 29.6 Å². The Kier molecular flexibility index (Phi) is 4.85. The molecule has 3 rings (SSSR count). The lowest BCUT2D eigenvalue weighted by molar-refractivity contribution is -0.142. The summed E-state index contributed by atoms with van der Waals surface area (Å²) in [5, 5.41) is 3.12. The fourth-order valence-electron chi connectivity index (χ4n) is 3.88. The first-order chi connectivity index (χ1) is 11.8. The second kappa shape index (κ2) is 6.77. The van der Waals surface area contributed by atoms with E-state index in [1.165, 1.54) is 6.07 Å². The summed E-state index contributed by atoms with van der Waals surface area (Å²) < 4.78 is 13.3. The smallest absolute Gasteiger partial charge is 0.227 e. The first-order valence-corrected chi connectivity index (χ1v) is 9.14. The van der Waals surface area contributed by atoms with Gasteiger partial charge in [0.15, 0.2) is 0 Å². The lowest BCUT2D eigenvalue weighted by Gasteiger charge is -2.36. The molecule has 1 aromatic carbocycles. The van der Waals surface area contributed by atoms with Gasteiger partial charge >= 0.3 is 0 Å². The number of likely N-dealkylation sites (tertiary alicyclic amines) is 1. The Morgan fingerprint density at radius 2 is 2.00 bits per heavy atom. The Bertz CT molecular complexity index is 681. The minimum atomic E-state index is -0.424. The van der Waals surface area contributed by atoms with Crippen molar-refractivity contribution in [1.82, 2.24) is 10.2 Å². The molecule has 1 heterocycles. The van der Waals surface area contributed by atoms with Gasteiger partial charge in [-0.15, -0.1) is 0 Å². The zero-order chi connectivity index (χ0) is 18.2. The summed E-state index contributed by atoms with van der Waals surface area (Å²) in [5.74, 6) is -0.279. The fraction of sp³-hybridized carbons (Fsp3) is 0.600. The van der Waals surface area contributed by atoms with Crippen LogP contribution in [-0.4, -0.2) is 29.8 Å². The van der Waals surface area contributed by atoms with E-state index in [0.717, 1.165) is 43.4 Å². The summed E-state index contributed by atoms with van der Waals surface area (Å²) in [4.78, 5) is 27.0. The topological polar surface area (TPSA) is 49.4 Å². The monoisotopic (exact) mass is 346 g/mol. The van der Waals surface area contributed by atoms with E-state index in [9.17, 15) is 14.0 Å². The highest BCUT2D eigenvalue weighted by atomic mass is 19.1. The maximum atomic E-state index is 13.3. The average Bonchev–Trinajstić information content (AvgIpc) is 2.95. The highest BCUT2D eigenvalue weighted by molar-refractivity contribution is 5.84. The van der Waals surface area contributed by atoms with Crippen LogP contribution in [0.2, 0.25) is 0 Å². The molecule has 136 valence electrons. The molecule has 0 spiro atoms. The number of fused-ring (bicyclic) bond motifs is 1. The van der Waals surface area contributed by atoms with Crippen LogP contribution in [0.25, 0.3) is 0 Å². The van der Waals surface area contributed by atoms with Crippen LogP contribution in [0.1, 0.15) is 57.2 Å². The quantitative estimate of drug-likeness (QED) is 0.894. The van der Waals surface area contributed by atoms with Crippen molar-refractivity contribution in [2.24, 2.45) is 11.3 Å². The van der Waals surface area contributed by atoms with Gasteiger partial charge in [0.2, 0.25) is 11.8 Å². The Morgan fingerprint density at radius 1 is 1.24 bits per heavy atom. The number of piperidine rings is 1. The Morgan fingerprint density at radius 3 is 2.72 bits per heavy atom. The molecule has 25 heavy (non-hydrogen) atoms. The molecule has 2 amide bonds. The number of benzene rings is 1. The summed E-state index contributed by atoms with van der Waals surface area (Å²) in [7, 11) is 0. The number of nitrogens with zero attached hydrogens (tertiary/aromatic N) is 1. The maximum absolute atomic E-state index is 13.3.